The first kappa shape index (κ1) is 49.6. The number of phosphoric ester groups is 6. The van der Waals surface area contributed by atoms with Gasteiger partial charge in [0.05, 0.1) is 86.0 Å². The van der Waals surface area contributed by atoms with Gasteiger partial charge in [0, 0.05) is 11.8 Å². The zero-order valence-corrected chi connectivity index (χ0v) is 30.8. The van der Waals surface area contributed by atoms with Crippen molar-refractivity contribution in [3.63, 3.8) is 0 Å². The predicted molar refractivity (Wildman–Crippen MR) is 144 cm³/mol. The maximum Gasteiger partial charge on any atom is 0.268 e. The Morgan fingerprint density at radius 2 is 0.735 bits per heavy atom. The Kier molecular flexibility index (Phi) is 24.3. The van der Waals surface area contributed by atoms with E-state index in [0.717, 1.165) is 0 Å². The Morgan fingerprint density at radius 1 is 0.490 bits per heavy atom. The van der Waals surface area contributed by atoms with Crippen molar-refractivity contribution in [2.75, 3.05) is 86.0 Å². The molecule has 0 saturated carbocycles. The fraction of sp³-hybridized carbons (Fsp3) is 1.00. The number of hydrogen-bond donors (Lipinski definition) is 2. The summed E-state index contributed by atoms with van der Waals surface area (Å²) in [6.45, 7) is -9.56. The fourth-order valence-corrected chi connectivity index (χ4v) is 6.35. The van der Waals surface area contributed by atoms with Crippen molar-refractivity contribution in [2.24, 2.45) is 11.8 Å². The average Bonchev–Trinajstić information content (AvgIpc) is 2.98. The van der Waals surface area contributed by atoms with Gasteiger partial charge < -0.3 is 89.1 Å². The topological polar surface area (TPSA) is 383 Å². The second kappa shape index (κ2) is 24.1. The second-order valence-electron chi connectivity index (χ2n) is 8.73. The minimum atomic E-state index is -5.16. The SMILES string of the molecule is CCC(COP(=O)([O-])O)COP(=O)([O-])OCCOP(=O)([O-])OCCOP(=O)([O-])OCCOP(=O)([O-])OCCOP(=O)([O-])OCC(CO)CF. The number of hydrogen-bond acceptors (Lipinski definition) is 24. The molecule has 0 aliphatic rings. The highest BCUT2D eigenvalue weighted by Crippen LogP contribution is 2.44. The molecule has 0 spiro atoms. The molecular weight excluding hydrogens is 809 g/mol. The molecule has 0 amide bonds. The van der Waals surface area contributed by atoms with Gasteiger partial charge in [-0.05, 0) is 6.42 Å². The first-order valence-corrected chi connectivity index (χ1v) is 22.1. The van der Waals surface area contributed by atoms with Gasteiger partial charge in [0.1, 0.15) is 0 Å². The van der Waals surface area contributed by atoms with E-state index in [4.69, 9.17) is 10.00 Å². The molecule has 0 aromatic carbocycles. The van der Waals surface area contributed by atoms with Crippen LogP contribution >= 0.6 is 46.9 Å². The quantitative estimate of drug-likeness (QED) is 0.0525. The van der Waals surface area contributed by atoms with Crippen LogP contribution in [0.15, 0.2) is 0 Å². The van der Waals surface area contributed by atoms with Gasteiger partial charge in [-0.25, -0.2) is 0 Å². The number of aliphatic hydroxyl groups is 1. The van der Waals surface area contributed by atoms with Crippen molar-refractivity contribution in [1.29, 1.82) is 0 Å². The van der Waals surface area contributed by atoms with E-state index in [9.17, 15) is 61.1 Å². The predicted octanol–water partition coefficient (Wildman–Crippen LogP) is -2.42. The zero-order valence-electron chi connectivity index (χ0n) is 25.4. The van der Waals surface area contributed by atoms with Gasteiger partial charge in [-0.1, -0.05) is 6.92 Å². The van der Waals surface area contributed by atoms with Gasteiger partial charge in [0.2, 0.25) is 0 Å². The highest BCUT2D eigenvalue weighted by atomic mass is 31.2. The summed E-state index contributed by atoms with van der Waals surface area (Å²) in [4.78, 5) is 77.4. The molecule has 0 bridgehead atoms. The van der Waals surface area contributed by atoms with E-state index in [1.54, 1.807) is 0 Å². The fourth-order valence-electron chi connectivity index (χ4n) is 2.40. The molecule has 32 heteroatoms. The normalized spacial score (nSPS) is 20.9. The molecule has 0 rings (SSSR count). The van der Waals surface area contributed by atoms with Crippen LogP contribution in [0.3, 0.4) is 0 Å². The Labute approximate surface area is 279 Å². The summed E-state index contributed by atoms with van der Waals surface area (Å²) in [7, 11) is -30.4. The molecule has 0 aliphatic heterocycles. The van der Waals surface area contributed by atoms with Gasteiger partial charge >= 0.3 is 0 Å². The van der Waals surface area contributed by atoms with E-state index < -0.39 is 145 Å². The molecule has 0 aromatic heterocycles. The third-order valence-corrected chi connectivity index (χ3v) is 10.2. The summed E-state index contributed by atoms with van der Waals surface area (Å²) in [6.07, 6.45) is 0.181. The van der Waals surface area contributed by atoms with Crippen LogP contribution in [0.25, 0.3) is 0 Å². The number of alkyl halides is 1. The van der Waals surface area contributed by atoms with E-state index >= 15 is 0 Å². The monoisotopic (exact) mass is 844 g/mol. The van der Waals surface area contributed by atoms with E-state index in [1.807, 2.05) is 0 Å². The van der Waals surface area contributed by atoms with Gasteiger partial charge in [0.25, 0.3) is 46.9 Å². The maximum absolute atomic E-state index is 12.4. The molecule has 49 heavy (non-hydrogen) atoms. The Hall–Kier alpha value is 0.550. The van der Waals surface area contributed by atoms with E-state index in [0.29, 0.717) is 0 Å². The average molecular weight is 844 g/mol. The van der Waals surface area contributed by atoms with Crippen LogP contribution in [-0.4, -0.2) is 96.0 Å². The van der Waals surface area contributed by atoms with Crippen LogP contribution < -0.4 is 29.4 Å². The van der Waals surface area contributed by atoms with Gasteiger partial charge in [0.15, 0.2) is 0 Å². The molecule has 0 fully saturated rings. The van der Waals surface area contributed by atoms with Crippen LogP contribution in [-0.2, 0) is 77.2 Å². The van der Waals surface area contributed by atoms with Gasteiger partial charge in [-0.15, -0.1) is 0 Å². The number of halogens is 1. The number of rotatable bonds is 32. The molecule has 8 unspecified atom stereocenters. The van der Waals surface area contributed by atoms with Crippen molar-refractivity contribution < 1.29 is 121 Å². The first-order chi connectivity index (χ1) is 22.5. The van der Waals surface area contributed by atoms with Crippen LogP contribution in [0.4, 0.5) is 4.39 Å². The van der Waals surface area contributed by atoms with E-state index in [2.05, 4.69) is 49.8 Å². The minimum absolute atomic E-state index is 0.181. The molecule has 0 saturated heterocycles. The molecule has 0 aromatic rings. The molecular formula is C17H35FO25P6-6. The molecule has 2 N–H and O–H groups in total. The Balaban J connectivity index is 4.22. The molecule has 25 nitrogen and oxygen atoms in total. The van der Waals surface area contributed by atoms with Crippen molar-refractivity contribution in [1.82, 2.24) is 0 Å². The first-order valence-electron chi connectivity index (χ1n) is 13.3. The largest absolute Gasteiger partial charge is 0.756 e. The molecule has 0 aliphatic carbocycles. The molecule has 296 valence electrons. The summed E-state index contributed by atoms with van der Waals surface area (Å²) < 4.78 is 129. The van der Waals surface area contributed by atoms with Crippen LogP contribution in [0.5, 0.6) is 0 Å². The number of aliphatic hydroxyl groups excluding tert-OH is 1. The van der Waals surface area contributed by atoms with Gasteiger partial charge in [-0.3, -0.25) is 31.8 Å². The van der Waals surface area contributed by atoms with Crippen molar-refractivity contribution in [2.45, 2.75) is 13.3 Å². The molecule has 0 heterocycles. The maximum atomic E-state index is 12.4. The Bertz CT molecular complexity index is 1210. The van der Waals surface area contributed by atoms with Crippen LogP contribution in [0.2, 0.25) is 0 Å². The second-order valence-corrected chi connectivity index (χ2v) is 17.0. The third kappa shape index (κ3) is 28.7. The lowest BCUT2D eigenvalue weighted by Gasteiger charge is -2.27. The Morgan fingerprint density at radius 3 is 0.959 bits per heavy atom. The highest BCUT2D eigenvalue weighted by Gasteiger charge is 2.19. The summed E-state index contributed by atoms with van der Waals surface area (Å²) in [5, 5.41) is 8.77. The highest BCUT2D eigenvalue weighted by molar-refractivity contribution is 7.47. The number of phosphoric acid groups is 6. The lowest BCUT2D eigenvalue weighted by molar-refractivity contribution is -0.238. The summed E-state index contributed by atoms with van der Waals surface area (Å²) in [5.41, 5.74) is 0. The van der Waals surface area contributed by atoms with Gasteiger partial charge in [-0.2, -0.15) is 0 Å². The van der Waals surface area contributed by atoms with Crippen LogP contribution in [0.1, 0.15) is 13.3 Å². The van der Waals surface area contributed by atoms with Crippen LogP contribution in [0, 0.1) is 11.8 Å². The lowest BCUT2D eigenvalue weighted by atomic mass is 10.1. The third-order valence-electron chi connectivity index (χ3n) is 4.79. The summed E-state index contributed by atoms with van der Waals surface area (Å²) in [6, 6.07) is 0. The van der Waals surface area contributed by atoms with E-state index in [-0.39, 0.29) is 6.42 Å². The zero-order chi connectivity index (χ0) is 37.8. The minimum Gasteiger partial charge on any atom is -0.756 e. The van der Waals surface area contributed by atoms with Crippen molar-refractivity contribution in [3.05, 3.63) is 0 Å². The lowest BCUT2D eigenvalue weighted by Crippen LogP contribution is -2.20. The summed E-state index contributed by atoms with van der Waals surface area (Å²) in [5.74, 6) is -1.91. The standard InChI is InChI=1S/C17H41FO25P6/c1-2-16(13-41-44(20,21)22)14-42-48(29,30)39-9-7-37-46(25,26)35-5-3-33-45(23,24)34-4-6-36-47(27,28)38-8-10-40-49(31,32)43-15-17(11-18)12-19/h16-17,19H,2-15H2,1H3,(H,23,24)(H,25,26)(H,27,28)(H,29,30)(H,31,32)(H2,20,21,22)/p-6. The van der Waals surface area contributed by atoms with E-state index in [1.165, 1.54) is 6.92 Å². The van der Waals surface area contributed by atoms with Crippen molar-refractivity contribution in [3.8, 4) is 0 Å². The smallest absolute Gasteiger partial charge is 0.268 e. The summed E-state index contributed by atoms with van der Waals surface area (Å²) >= 11 is 0. The molecule has 0 radical (unpaired) electrons. The molecule has 8 atom stereocenters. The van der Waals surface area contributed by atoms with Crippen molar-refractivity contribution >= 4 is 46.9 Å².